The molecule has 0 saturated heterocycles. The first-order valence-electron chi connectivity index (χ1n) is 10.2. The van der Waals surface area contributed by atoms with Gasteiger partial charge in [0.25, 0.3) is 5.69 Å². The van der Waals surface area contributed by atoms with Gasteiger partial charge in [0.15, 0.2) is 5.75 Å². The topological polar surface area (TPSA) is 101 Å². The van der Waals surface area contributed by atoms with Crippen LogP contribution in [0.2, 0.25) is 0 Å². The van der Waals surface area contributed by atoms with E-state index in [4.69, 9.17) is 22.7 Å². The van der Waals surface area contributed by atoms with Gasteiger partial charge in [-0.15, -0.1) is 29.8 Å². The Morgan fingerprint density at radius 2 is 1.69 bits per heavy atom. The maximum absolute atomic E-state index is 11.0. The molecular weight excluding hydrogens is 408 g/mol. The molecule has 0 saturated carbocycles. The Labute approximate surface area is 188 Å². The van der Waals surface area contributed by atoms with E-state index in [-0.39, 0.29) is 24.7 Å². The average Bonchev–Trinajstić information content (AvgIpc) is 2.81. The van der Waals surface area contributed by atoms with Crippen LogP contribution < -0.4 is 9.64 Å². The highest BCUT2D eigenvalue weighted by Crippen LogP contribution is 2.33. The summed E-state index contributed by atoms with van der Waals surface area (Å²) in [6.45, 7) is 1.45. The molecule has 0 spiro atoms. The molecule has 0 fully saturated rings. The van der Waals surface area contributed by atoms with Crippen LogP contribution in [0.1, 0.15) is 25.7 Å². The lowest BCUT2D eigenvalue weighted by Crippen LogP contribution is -2.25. The van der Waals surface area contributed by atoms with Gasteiger partial charge in [-0.2, -0.15) is 5.11 Å². The Bertz CT molecular complexity index is 971. The summed E-state index contributed by atoms with van der Waals surface area (Å²) in [5.74, 6) is 5.51. The van der Waals surface area contributed by atoms with Gasteiger partial charge < -0.3 is 14.7 Å². The highest BCUT2D eigenvalue weighted by Gasteiger charge is 2.12. The first-order valence-corrected chi connectivity index (χ1v) is 10.2. The summed E-state index contributed by atoms with van der Waals surface area (Å²) in [7, 11) is 0. The lowest BCUT2D eigenvalue weighted by Gasteiger charge is -2.24. The van der Waals surface area contributed by atoms with Gasteiger partial charge in [0.2, 0.25) is 0 Å². The fourth-order valence-corrected chi connectivity index (χ4v) is 2.93. The molecule has 0 unspecified atom stereocenters. The second kappa shape index (κ2) is 13.4. The van der Waals surface area contributed by atoms with E-state index in [0.29, 0.717) is 24.2 Å². The van der Waals surface area contributed by atoms with Gasteiger partial charge >= 0.3 is 0 Å². The lowest BCUT2D eigenvalue weighted by molar-refractivity contribution is -0.384. The molecule has 2 aromatic carbocycles. The summed E-state index contributed by atoms with van der Waals surface area (Å²) >= 11 is 0. The number of benzene rings is 2. The van der Waals surface area contributed by atoms with Gasteiger partial charge in [0, 0.05) is 37.7 Å². The number of terminal acetylenes is 2. The molecule has 0 amide bonds. The number of anilines is 1. The molecule has 0 aromatic heterocycles. The molecule has 8 nitrogen and oxygen atoms in total. The van der Waals surface area contributed by atoms with E-state index in [1.807, 2.05) is 24.3 Å². The van der Waals surface area contributed by atoms with Crippen LogP contribution in [0.5, 0.6) is 5.75 Å². The maximum Gasteiger partial charge on any atom is 0.273 e. The lowest BCUT2D eigenvalue weighted by atomic mass is 10.2. The number of aliphatic hydroxyl groups is 1. The SMILES string of the molecule is C#CCCCN(CCCC#C)c1ccc(N=Nc2ccc([N+](=O)[O-])cc2OCCO)cc1. The van der Waals surface area contributed by atoms with Gasteiger partial charge in [-0.25, -0.2) is 0 Å². The van der Waals surface area contributed by atoms with Gasteiger partial charge in [0.1, 0.15) is 12.3 Å². The zero-order valence-corrected chi connectivity index (χ0v) is 17.8. The quantitative estimate of drug-likeness (QED) is 0.157. The molecule has 0 bridgehead atoms. The van der Waals surface area contributed by atoms with Crippen LogP contribution in [0.3, 0.4) is 0 Å². The average molecular weight is 434 g/mol. The number of non-ortho nitro benzene ring substituents is 1. The van der Waals surface area contributed by atoms with Crippen molar-refractivity contribution >= 4 is 22.7 Å². The monoisotopic (exact) mass is 434 g/mol. The van der Waals surface area contributed by atoms with E-state index >= 15 is 0 Å². The first kappa shape index (κ1) is 24.4. The molecule has 8 heteroatoms. The minimum absolute atomic E-state index is 0.00638. The number of ether oxygens (including phenoxy) is 1. The second-order valence-corrected chi connectivity index (χ2v) is 6.80. The highest BCUT2D eigenvalue weighted by molar-refractivity contribution is 5.57. The molecular formula is C24H26N4O4. The van der Waals surface area contributed by atoms with Crippen molar-refractivity contribution in [1.82, 2.24) is 0 Å². The molecule has 0 atom stereocenters. The standard InChI is InChI=1S/C24H26N4O4/c1-3-5-7-15-27(16-8-6-4-2)21-11-9-20(10-12-21)25-26-23-14-13-22(28(30)31)19-24(23)32-18-17-29/h1-2,9-14,19,29H,5-8,15-18H2. The Kier molecular flexibility index (Phi) is 10.2. The molecule has 0 heterocycles. The van der Waals surface area contributed by atoms with Crippen LogP contribution in [0.15, 0.2) is 52.7 Å². The van der Waals surface area contributed by atoms with Crippen molar-refractivity contribution in [3.05, 3.63) is 52.6 Å². The van der Waals surface area contributed by atoms with Crippen molar-refractivity contribution in [3.63, 3.8) is 0 Å². The largest absolute Gasteiger partial charge is 0.489 e. The van der Waals surface area contributed by atoms with Crippen molar-refractivity contribution in [2.45, 2.75) is 25.7 Å². The normalized spacial score (nSPS) is 10.5. The van der Waals surface area contributed by atoms with Crippen molar-refractivity contribution in [3.8, 4) is 30.4 Å². The number of rotatable bonds is 13. The summed E-state index contributed by atoms with van der Waals surface area (Å²) in [6, 6.07) is 11.6. The van der Waals surface area contributed by atoms with Crippen LogP contribution in [-0.4, -0.2) is 36.3 Å². The van der Waals surface area contributed by atoms with Crippen molar-refractivity contribution in [2.24, 2.45) is 10.2 Å². The summed E-state index contributed by atoms with van der Waals surface area (Å²) in [6.07, 6.45) is 13.9. The fourth-order valence-electron chi connectivity index (χ4n) is 2.93. The Morgan fingerprint density at radius 3 is 2.25 bits per heavy atom. The molecule has 2 rings (SSSR count). The van der Waals surface area contributed by atoms with Crippen LogP contribution in [0.4, 0.5) is 22.7 Å². The third kappa shape index (κ3) is 7.75. The predicted octanol–water partition coefficient (Wildman–Crippen LogP) is 5.01. The Balaban J connectivity index is 2.15. The van der Waals surface area contributed by atoms with E-state index in [1.54, 1.807) is 0 Å². The molecule has 0 aliphatic carbocycles. The number of aliphatic hydroxyl groups excluding tert-OH is 1. The molecule has 166 valence electrons. The van der Waals surface area contributed by atoms with E-state index in [0.717, 1.165) is 31.6 Å². The predicted molar refractivity (Wildman–Crippen MR) is 125 cm³/mol. The van der Waals surface area contributed by atoms with Crippen molar-refractivity contribution in [2.75, 3.05) is 31.2 Å². The summed E-state index contributed by atoms with van der Waals surface area (Å²) in [5.41, 5.74) is 1.86. The smallest absolute Gasteiger partial charge is 0.273 e. The Hall–Kier alpha value is -3.88. The number of hydrogen-bond donors (Lipinski definition) is 1. The van der Waals surface area contributed by atoms with E-state index in [2.05, 4.69) is 27.0 Å². The number of nitrogens with zero attached hydrogens (tertiary/aromatic N) is 4. The number of nitro benzene ring substituents is 1. The van der Waals surface area contributed by atoms with Gasteiger partial charge in [-0.1, -0.05) is 0 Å². The molecule has 1 N–H and O–H groups in total. The molecule has 0 radical (unpaired) electrons. The Morgan fingerprint density at radius 1 is 1.03 bits per heavy atom. The number of nitro groups is 1. The minimum atomic E-state index is -0.523. The van der Waals surface area contributed by atoms with Gasteiger partial charge in [-0.3, -0.25) is 10.1 Å². The van der Waals surface area contributed by atoms with Crippen LogP contribution in [0.25, 0.3) is 0 Å². The van der Waals surface area contributed by atoms with Crippen LogP contribution in [0, 0.1) is 34.8 Å². The molecule has 2 aromatic rings. The zero-order valence-electron chi connectivity index (χ0n) is 17.8. The van der Waals surface area contributed by atoms with Gasteiger partial charge in [0.05, 0.1) is 23.3 Å². The number of hydrogen-bond acceptors (Lipinski definition) is 7. The maximum atomic E-state index is 11.0. The van der Waals surface area contributed by atoms with Crippen molar-refractivity contribution < 1.29 is 14.8 Å². The summed E-state index contributed by atoms with van der Waals surface area (Å²) < 4.78 is 5.37. The van der Waals surface area contributed by atoms with E-state index in [9.17, 15) is 10.1 Å². The van der Waals surface area contributed by atoms with Crippen LogP contribution in [-0.2, 0) is 0 Å². The summed E-state index contributed by atoms with van der Waals surface area (Å²) in [5, 5.41) is 28.3. The number of azo groups is 1. The number of unbranched alkanes of at least 4 members (excludes halogenated alkanes) is 2. The highest BCUT2D eigenvalue weighted by atomic mass is 16.6. The van der Waals surface area contributed by atoms with Crippen molar-refractivity contribution in [1.29, 1.82) is 0 Å². The van der Waals surface area contributed by atoms with E-state index in [1.165, 1.54) is 18.2 Å². The summed E-state index contributed by atoms with van der Waals surface area (Å²) in [4.78, 5) is 12.7. The third-order valence-corrected chi connectivity index (χ3v) is 4.49. The molecule has 32 heavy (non-hydrogen) atoms. The third-order valence-electron chi connectivity index (χ3n) is 4.49. The second-order valence-electron chi connectivity index (χ2n) is 6.80. The fraction of sp³-hybridized carbons (Fsp3) is 0.333. The van der Waals surface area contributed by atoms with Crippen LogP contribution >= 0.6 is 0 Å². The van der Waals surface area contributed by atoms with Gasteiger partial charge in [-0.05, 0) is 43.2 Å². The minimum Gasteiger partial charge on any atom is -0.489 e. The molecule has 0 aliphatic heterocycles. The zero-order chi connectivity index (χ0) is 23.2. The molecule has 0 aliphatic rings. The van der Waals surface area contributed by atoms with E-state index < -0.39 is 4.92 Å². The first-order chi connectivity index (χ1) is 15.6.